The van der Waals surface area contributed by atoms with Crippen molar-refractivity contribution in [3.63, 3.8) is 0 Å². The maximum atomic E-state index is 11.6. The van der Waals surface area contributed by atoms with Crippen molar-refractivity contribution in [3.8, 4) is 0 Å². The van der Waals surface area contributed by atoms with E-state index in [1.807, 2.05) is 17.6 Å². The van der Waals surface area contributed by atoms with Crippen molar-refractivity contribution < 1.29 is 13.3 Å². The largest absolute Gasteiger partial charge is 0.319 e. The number of rotatable bonds is 7. The van der Waals surface area contributed by atoms with Crippen LogP contribution in [0.5, 0.6) is 0 Å². The van der Waals surface area contributed by atoms with Crippen LogP contribution in [0, 0.1) is 10.1 Å². The van der Waals surface area contributed by atoms with E-state index in [-0.39, 0.29) is 10.6 Å². The highest BCUT2D eigenvalue weighted by molar-refractivity contribution is 7.98. The number of thioether (sulfide) groups is 1. The number of fused-ring (bicyclic) bond motifs is 1. The molecule has 0 radical (unpaired) electrons. The summed E-state index contributed by atoms with van der Waals surface area (Å²) < 4.78 is 25.2. The number of aromatic nitrogens is 2. The summed E-state index contributed by atoms with van der Waals surface area (Å²) in [6.45, 7) is 2.77. The lowest BCUT2D eigenvalue weighted by Crippen LogP contribution is -2.11. The average Bonchev–Trinajstić information content (AvgIpc) is 2.97. The van der Waals surface area contributed by atoms with Gasteiger partial charge in [-0.3, -0.25) is 10.1 Å². The van der Waals surface area contributed by atoms with Gasteiger partial charge in [-0.05, 0) is 30.2 Å². The first-order valence-electron chi connectivity index (χ1n) is 8.19. The molecule has 0 aliphatic rings. The van der Waals surface area contributed by atoms with Crippen LogP contribution >= 0.6 is 11.8 Å². The second kappa shape index (κ2) is 7.67. The first-order valence-corrected chi connectivity index (χ1v) is 10.7. The number of benzene rings is 2. The minimum Gasteiger partial charge on any atom is -0.319 e. The van der Waals surface area contributed by atoms with Crippen molar-refractivity contribution in [2.24, 2.45) is 5.14 Å². The van der Waals surface area contributed by atoms with Gasteiger partial charge in [0.1, 0.15) is 0 Å². The van der Waals surface area contributed by atoms with E-state index in [2.05, 4.69) is 4.98 Å². The van der Waals surface area contributed by atoms with Gasteiger partial charge in [-0.15, -0.1) is 0 Å². The van der Waals surface area contributed by atoms with E-state index in [9.17, 15) is 18.5 Å². The van der Waals surface area contributed by atoms with Crippen LogP contribution in [0.2, 0.25) is 0 Å². The molecule has 0 saturated heterocycles. The van der Waals surface area contributed by atoms with Gasteiger partial charge in [-0.25, -0.2) is 18.5 Å². The number of primary sulfonamides is 1. The molecular formula is C17H18N4O4S2. The third-order valence-corrected chi connectivity index (χ3v) is 5.91. The summed E-state index contributed by atoms with van der Waals surface area (Å²) in [6, 6.07) is 11.1. The molecule has 0 aliphatic carbocycles. The van der Waals surface area contributed by atoms with E-state index in [1.54, 1.807) is 18.2 Å². The average molecular weight is 406 g/mol. The molecule has 10 heteroatoms. The molecular weight excluding hydrogens is 388 g/mol. The molecule has 0 amide bonds. The maximum Gasteiger partial charge on any atom is 0.269 e. The van der Waals surface area contributed by atoms with Crippen LogP contribution in [-0.4, -0.2) is 22.9 Å². The Bertz CT molecular complexity index is 1110. The van der Waals surface area contributed by atoms with Gasteiger partial charge < -0.3 is 4.57 Å². The van der Waals surface area contributed by atoms with Gasteiger partial charge in [-0.2, -0.15) is 0 Å². The van der Waals surface area contributed by atoms with E-state index in [0.29, 0.717) is 11.3 Å². The quantitative estimate of drug-likeness (QED) is 0.365. The zero-order valence-corrected chi connectivity index (χ0v) is 16.2. The smallest absolute Gasteiger partial charge is 0.269 e. The Morgan fingerprint density at radius 2 is 2.04 bits per heavy atom. The van der Waals surface area contributed by atoms with E-state index in [1.165, 1.54) is 30.0 Å². The molecule has 0 fully saturated rings. The highest BCUT2D eigenvalue weighted by Gasteiger charge is 2.15. The molecule has 1 aromatic heterocycles. The van der Waals surface area contributed by atoms with Crippen LogP contribution in [0.3, 0.4) is 0 Å². The molecule has 8 nitrogen and oxygen atoms in total. The highest BCUT2D eigenvalue weighted by atomic mass is 32.2. The summed E-state index contributed by atoms with van der Waals surface area (Å²) in [4.78, 5) is 15.1. The third-order valence-electron chi connectivity index (χ3n) is 3.95. The van der Waals surface area contributed by atoms with Crippen LogP contribution in [0.25, 0.3) is 11.0 Å². The molecule has 142 valence electrons. The number of aryl methyl sites for hydroxylation is 1. The van der Waals surface area contributed by atoms with Crippen LogP contribution in [-0.2, 0) is 22.3 Å². The first-order chi connectivity index (χ1) is 12.8. The molecule has 0 aliphatic heterocycles. The van der Waals surface area contributed by atoms with Gasteiger partial charge in [0.15, 0.2) is 5.16 Å². The molecule has 0 spiro atoms. The Kier molecular flexibility index (Phi) is 5.49. The lowest BCUT2D eigenvalue weighted by molar-refractivity contribution is -0.384. The first kappa shape index (κ1) is 19.3. The summed E-state index contributed by atoms with van der Waals surface area (Å²) in [7, 11) is -3.80. The molecule has 27 heavy (non-hydrogen) atoms. The third kappa shape index (κ3) is 4.29. The lowest BCUT2D eigenvalue weighted by Gasteiger charge is -2.07. The molecule has 0 atom stereocenters. The molecule has 1 heterocycles. The van der Waals surface area contributed by atoms with Crippen LogP contribution in [0.4, 0.5) is 5.69 Å². The molecule has 2 aromatic carbocycles. The molecule has 0 saturated carbocycles. The fourth-order valence-electron chi connectivity index (χ4n) is 2.72. The van der Waals surface area contributed by atoms with Gasteiger partial charge >= 0.3 is 0 Å². The van der Waals surface area contributed by atoms with Gasteiger partial charge in [-0.1, -0.05) is 30.8 Å². The number of sulfonamides is 1. The molecule has 0 bridgehead atoms. The fourth-order valence-corrected chi connectivity index (χ4v) is 4.24. The Hall–Kier alpha value is -2.43. The van der Waals surface area contributed by atoms with Crippen molar-refractivity contribution in [1.29, 1.82) is 0 Å². The summed E-state index contributed by atoms with van der Waals surface area (Å²) in [5.74, 6) is 0.511. The standard InChI is InChI=1S/C17H18N4O4S2/c1-2-8-20-16-7-6-14(27(18,24)25)10-15(16)19-17(20)26-11-12-4-3-5-13(9-12)21(22)23/h3-7,9-10H,2,8,11H2,1H3,(H2,18,24,25). The van der Waals surface area contributed by atoms with E-state index >= 15 is 0 Å². The van der Waals surface area contributed by atoms with Gasteiger partial charge in [0.05, 0.1) is 20.9 Å². The zero-order valence-electron chi connectivity index (χ0n) is 14.5. The van der Waals surface area contributed by atoms with Crippen molar-refractivity contribution in [2.75, 3.05) is 0 Å². The number of nitro benzene ring substituents is 1. The number of non-ortho nitro benzene ring substituents is 1. The lowest BCUT2D eigenvalue weighted by atomic mass is 10.2. The Morgan fingerprint density at radius 3 is 2.70 bits per heavy atom. The summed E-state index contributed by atoms with van der Waals surface area (Å²) >= 11 is 1.45. The van der Waals surface area contributed by atoms with E-state index < -0.39 is 14.9 Å². The number of hydrogen-bond donors (Lipinski definition) is 1. The molecule has 3 rings (SSSR count). The summed E-state index contributed by atoms with van der Waals surface area (Å²) in [6.07, 6.45) is 0.882. The minimum atomic E-state index is -3.80. The maximum absolute atomic E-state index is 11.6. The normalized spacial score (nSPS) is 11.8. The van der Waals surface area contributed by atoms with E-state index in [0.717, 1.165) is 29.2 Å². The van der Waals surface area contributed by atoms with Crippen LogP contribution in [0.15, 0.2) is 52.5 Å². The summed E-state index contributed by atoms with van der Waals surface area (Å²) in [5, 5.41) is 16.8. The van der Waals surface area contributed by atoms with Crippen molar-refractivity contribution in [3.05, 3.63) is 58.1 Å². The SMILES string of the molecule is CCCn1c(SCc2cccc([N+](=O)[O-])c2)nc2cc(S(N)(=O)=O)ccc21. The predicted octanol–water partition coefficient (Wildman–Crippen LogP) is 3.29. The number of hydrogen-bond acceptors (Lipinski definition) is 6. The van der Waals surface area contributed by atoms with Crippen molar-refractivity contribution in [1.82, 2.24) is 9.55 Å². The van der Waals surface area contributed by atoms with Crippen molar-refractivity contribution in [2.45, 2.75) is 35.7 Å². The highest BCUT2D eigenvalue weighted by Crippen LogP contribution is 2.29. The molecule has 0 unspecified atom stereocenters. The second-order valence-corrected chi connectivity index (χ2v) is 8.46. The number of nitrogens with zero attached hydrogens (tertiary/aromatic N) is 3. The predicted molar refractivity (Wildman–Crippen MR) is 104 cm³/mol. The Morgan fingerprint density at radius 1 is 1.26 bits per heavy atom. The Balaban J connectivity index is 1.94. The number of imidazole rings is 1. The van der Waals surface area contributed by atoms with Crippen LogP contribution in [0.1, 0.15) is 18.9 Å². The van der Waals surface area contributed by atoms with E-state index in [4.69, 9.17) is 5.14 Å². The van der Waals surface area contributed by atoms with Crippen LogP contribution < -0.4 is 5.14 Å². The van der Waals surface area contributed by atoms with Gasteiger partial charge in [0.2, 0.25) is 10.0 Å². The molecule has 3 aromatic rings. The van der Waals surface area contributed by atoms with Gasteiger partial charge in [0.25, 0.3) is 5.69 Å². The monoisotopic (exact) mass is 406 g/mol. The zero-order chi connectivity index (χ0) is 19.6. The Labute approximate surface area is 160 Å². The topological polar surface area (TPSA) is 121 Å². The number of nitro groups is 1. The van der Waals surface area contributed by atoms with Crippen molar-refractivity contribution >= 4 is 38.5 Å². The fraction of sp³-hybridized carbons (Fsp3) is 0.235. The van der Waals surface area contributed by atoms with Gasteiger partial charge in [0, 0.05) is 24.4 Å². The summed E-state index contributed by atoms with van der Waals surface area (Å²) in [5.41, 5.74) is 2.24. The second-order valence-electron chi connectivity index (χ2n) is 5.96. The minimum absolute atomic E-state index is 0.0198. The molecule has 2 N–H and O–H groups in total. The number of nitrogens with two attached hydrogens (primary N) is 1.